The second kappa shape index (κ2) is 7.10. The number of nitrogens with one attached hydrogen (secondary N) is 1. The Morgan fingerprint density at radius 3 is 2.88 bits per heavy atom. The van der Waals surface area contributed by atoms with Gasteiger partial charge >= 0.3 is 0 Å². The minimum Gasteiger partial charge on any atom is -0.301 e. The second-order valence-electron chi connectivity index (χ2n) is 5.05. The predicted octanol–water partition coefficient (Wildman–Crippen LogP) is 2.21. The molecule has 2 aromatic heterocycles. The van der Waals surface area contributed by atoms with Crippen LogP contribution >= 0.6 is 23.1 Å². The van der Waals surface area contributed by atoms with E-state index in [9.17, 15) is 9.59 Å². The maximum absolute atomic E-state index is 12.3. The fraction of sp³-hybridized carbons (Fsp3) is 0.267. The van der Waals surface area contributed by atoms with E-state index in [2.05, 4.69) is 20.5 Å². The lowest BCUT2D eigenvalue weighted by molar-refractivity contribution is -0.115. The molecule has 124 valence electrons. The number of fused-ring (bicyclic) bond motifs is 1. The molecule has 0 fully saturated rings. The number of para-hydroxylation sites is 1. The largest absolute Gasteiger partial charge is 0.301 e. The molecule has 0 aliphatic rings. The Morgan fingerprint density at radius 2 is 2.12 bits per heavy atom. The average molecular weight is 361 g/mol. The van der Waals surface area contributed by atoms with Crippen LogP contribution in [0.25, 0.3) is 10.9 Å². The highest BCUT2D eigenvalue weighted by molar-refractivity contribution is 7.99. The number of benzene rings is 1. The molecule has 7 nitrogen and oxygen atoms in total. The molecule has 1 amide bonds. The summed E-state index contributed by atoms with van der Waals surface area (Å²) in [7, 11) is 1.69. The number of thioether (sulfide) groups is 1. The van der Waals surface area contributed by atoms with Crippen molar-refractivity contribution in [1.82, 2.24) is 19.7 Å². The predicted molar refractivity (Wildman–Crippen MR) is 95.6 cm³/mol. The van der Waals surface area contributed by atoms with E-state index in [-0.39, 0.29) is 11.5 Å². The topological polar surface area (TPSA) is 89.8 Å². The second-order valence-corrected chi connectivity index (χ2v) is 7.29. The van der Waals surface area contributed by atoms with Crippen LogP contribution in [0.2, 0.25) is 0 Å². The number of anilines is 1. The summed E-state index contributed by atoms with van der Waals surface area (Å²) >= 11 is 2.71. The van der Waals surface area contributed by atoms with Gasteiger partial charge in [-0.05, 0) is 19.1 Å². The van der Waals surface area contributed by atoms with Crippen molar-refractivity contribution in [2.75, 3.05) is 11.1 Å². The first-order valence-corrected chi connectivity index (χ1v) is 9.03. The Morgan fingerprint density at radius 1 is 1.33 bits per heavy atom. The molecule has 0 unspecified atom stereocenters. The van der Waals surface area contributed by atoms with Crippen molar-refractivity contribution < 1.29 is 4.79 Å². The number of amides is 1. The average Bonchev–Trinajstić information content (AvgIpc) is 2.97. The van der Waals surface area contributed by atoms with Crippen LogP contribution in [0.15, 0.2) is 34.2 Å². The number of carbonyl (C=O) groups excluding carboxylic acids is 1. The number of aryl methyl sites for hydroxylation is 1. The summed E-state index contributed by atoms with van der Waals surface area (Å²) in [6.45, 7) is 1.83. The maximum Gasteiger partial charge on any atom is 0.261 e. The molecule has 0 spiro atoms. The van der Waals surface area contributed by atoms with E-state index in [0.29, 0.717) is 33.4 Å². The van der Waals surface area contributed by atoms with Crippen LogP contribution in [0.5, 0.6) is 0 Å². The van der Waals surface area contributed by atoms with Crippen LogP contribution in [0.3, 0.4) is 0 Å². The summed E-state index contributed by atoms with van der Waals surface area (Å²) in [4.78, 5) is 28.7. The van der Waals surface area contributed by atoms with Crippen molar-refractivity contribution >= 4 is 45.0 Å². The van der Waals surface area contributed by atoms with Crippen molar-refractivity contribution in [3.63, 3.8) is 0 Å². The highest BCUT2D eigenvalue weighted by atomic mass is 32.2. The summed E-state index contributed by atoms with van der Waals surface area (Å²) in [5.74, 6) is 0.381. The SMILES string of the molecule is Cc1nnc(NC(=O)CCSc2nc3ccccc3c(=O)n2C)s1. The van der Waals surface area contributed by atoms with Gasteiger partial charge in [0, 0.05) is 19.2 Å². The van der Waals surface area contributed by atoms with E-state index in [0.717, 1.165) is 5.01 Å². The van der Waals surface area contributed by atoms with E-state index in [1.165, 1.54) is 27.7 Å². The van der Waals surface area contributed by atoms with Crippen LogP contribution < -0.4 is 10.9 Å². The first-order valence-electron chi connectivity index (χ1n) is 7.23. The Balaban J connectivity index is 1.64. The van der Waals surface area contributed by atoms with Gasteiger partial charge in [0.1, 0.15) is 5.01 Å². The maximum atomic E-state index is 12.3. The van der Waals surface area contributed by atoms with Crippen molar-refractivity contribution in [2.24, 2.45) is 7.05 Å². The number of hydrogen-bond acceptors (Lipinski definition) is 7. The highest BCUT2D eigenvalue weighted by Gasteiger charge is 2.10. The third-order valence-electron chi connectivity index (χ3n) is 3.27. The highest BCUT2D eigenvalue weighted by Crippen LogP contribution is 2.18. The van der Waals surface area contributed by atoms with Crippen molar-refractivity contribution in [3.05, 3.63) is 39.6 Å². The molecule has 24 heavy (non-hydrogen) atoms. The molecule has 1 aromatic carbocycles. The van der Waals surface area contributed by atoms with E-state index in [4.69, 9.17) is 0 Å². The standard InChI is InChI=1S/C15H15N5O2S2/c1-9-18-19-14(24-9)17-12(21)7-8-23-15-16-11-6-4-3-5-10(11)13(22)20(15)2/h3-6H,7-8H2,1-2H3,(H,17,19,21). The Labute approximate surface area is 146 Å². The summed E-state index contributed by atoms with van der Waals surface area (Å²) in [5, 5.41) is 12.9. The van der Waals surface area contributed by atoms with Gasteiger partial charge in [0.15, 0.2) is 5.16 Å². The van der Waals surface area contributed by atoms with Gasteiger partial charge < -0.3 is 5.32 Å². The van der Waals surface area contributed by atoms with Crippen LogP contribution in [-0.2, 0) is 11.8 Å². The molecule has 1 N–H and O–H groups in total. The number of hydrogen-bond donors (Lipinski definition) is 1. The van der Waals surface area contributed by atoms with Crippen molar-refractivity contribution in [1.29, 1.82) is 0 Å². The number of nitrogens with zero attached hydrogens (tertiary/aromatic N) is 4. The van der Waals surface area contributed by atoms with Gasteiger partial charge in [-0.15, -0.1) is 10.2 Å². The fourth-order valence-electron chi connectivity index (χ4n) is 2.09. The van der Waals surface area contributed by atoms with Crippen LogP contribution in [0, 0.1) is 6.92 Å². The van der Waals surface area contributed by atoms with Crippen LogP contribution in [-0.4, -0.2) is 31.4 Å². The third-order valence-corrected chi connectivity index (χ3v) is 5.06. The molecule has 3 rings (SSSR count). The lowest BCUT2D eigenvalue weighted by Crippen LogP contribution is -2.20. The smallest absolute Gasteiger partial charge is 0.261 e. The van der Waals surface area contributed by atoms with Gasteiger partial charge in [0.2, 0.25) is 11.0 Å². The van der Waals surface area contributed by atoms with Gasteiger partial charge in [0.25, 0.3) is 5.56 Å². The summed E-state index contributed by atoms with van der Waals surface area (Å²) in [5.41, 5.74) is 0.578. The summed E-state index contributed by atoms with van der Waals surface area (Å²) in [6.07, 6.45) is 0.298. The van der Waals surface area contributed by atoms with Gasteiger partial charge in [-0.1, -0.05) is 35.2 Å². The van der Waals surface area contributed by atoms with Gasteiger partial charge in [-0.25, -0.2) is 4.98 Å². The van der Waals surface area contributed by atoms with Gasteiger partial charge in [0.05, 0.1) is 10.9 Å². The first kappa shape index (κ1) is 16.6. The quantitative estimate of drug-likeness (QED) is 0.553. The summed E-state index contributed by atoms with van der Waals surface area (Å²) < 4.78 is 1.51. The van der Waals surface area contributed by atoms with E-state index in [1.807, 2.05) is 25.1 Å². The molecule has 0 saturated carbocycles. The summed E-state index contributed by atoms with van der Waals surface area (Å²) in [6, 6.07) is 7.24. The van der Waals surface area contributed by atoms with Crippen molar-refractivity contribution in [3.8, 4) is 0 Å². The van der Waals surface area contributed by atoms with Crippen molar-refractivity contribution in [2.45, 2.75) is 18.5 Å². The molecule has 0 radical (unpaired) electrons. The molecule has 0 atom stereocenters. The minimum absolute atomic E-state index is 0.0862. The zero-order chi connectivity index (χ0) is 17.1. The number of rotatable bonds is 5. The molecule has 9 heteroatoms. The lowest BCUT2D eigenvalue weighted by atomic mass is 10.2. The first-order chi connectivity index (χ1) is 11.5. The van der Waals surface area contributed by atoms with E-state index < -0.39 is 0 Å². The van der Waals surface area contributed by atoms with E-state index >= 15 is 0 Å². The molecule has 0 aliphatic carbocycles. The van der Waals surface area contributed by atoms with Gasteiger partial charge in [-0.3, -0.25) is 14.2 Å². The number of aromatic nitrogens is 4. The molecule has 0 saturated heterocycles. The Hall–Kier alpha value is -2.26. The molecule has 0 bridgehead atoms. The zero-order valence-corrected chi connectivity index (χ0v) is 14.8. The normalized spacial score (nSPS) is 10.9. The molecule has 0 aliphatic heterocycles. The lowest BCUT2D eigenvalue weighted by Gasteiger charge is -2.08. The molecule has 3 aromatic rings. The monoisotopic (exact) mass is 361 g/mol. The van der Waals surface area contributed by atoms with Crippen LogP contribution in [0.4, 0.5) is 5.13 Å². The molecule has 2 heterocycles. The van der Waals surface area contributed by atoms with Crippen LogP contribution in [0.1, 0.15) is 11.4 Å². The fourth-order valence-corrected chi connectivity index (χ4v) is 3.61. The number of carbonyl (C=O) groups is 1. The molecular formula is C15H15N5O2S2. The minimum atomic E-state index is -0.135. The Kier molecular flexibility index (Phi) is 4.91. The third kappa shape index (κ3) is 3.62. The van der Waals surface area contributed by atoms with Gasteiger partial charge in [-0.2, -0.15) is 0 Å². The molecular weight excluding hydrogens is 346 g/mol. The zero-order valence-electron chi connectivity index (χ0n) is 13.1. The Bertz CT molecular complexity index is 950. The van der Waals surface area contributed by atoms with E-state index in [1.54, 1.807) is 13.1 Å².